The normalized spacial score (nSPS) is 35.3. The van der Waals surface area contributed by atoms with Crippen molar-refractivity contribution in [1.29, 1.82) is 0 Å². The Hall–Kier alpha value is -3.45. The summed E-state index contributed by atoms with van der Waals surface area (Å²) in [7, 11) is -14.6. The lowest BCUT2D eigenvalue weighted by atomic mass is 9.97. The zero-order chi connectivity index (χ0) is 71.1. The average molecular weight is 1450 g/mol. The van der Waals surface area contributed by atoms with Crippen LogP contribution in [0, 0.1) is 0 Å². The second-order valence-electron chi connectivity index (χ2n) is 24.6. The third kappa shape index (κ3) is 23.0. The Bertz CT molecular complexity index is 2720. The predicted octanol–water partition coefficient (Wildman–Crippen LogP) is -6.01. The summed E-state index contributed by atoms with van der Waals surface area (Å²) in [6, 6.07) is -7.04. The van der Waals surface area contributed by atoms with E-state index in [9.17, 15) is 108 Å². The molecule has 6 aliphatic rings. The van der Waals surface area contributed by atoms with Crippen LogP contribution < -0.4 is 16.0 Å². The summed E-state index contributed by atoms with van der Waals surface area (Å²) in [5.41, 5.74) is -0.868. The number of nitrogens with zero attached hydrogens (tertiary/aromatic N) is 3. The van der Waals surface area contributed by atoms with Crippen LogP contribution in [0.1, 0.15) is 92.4 Å². The Morgan fingerprint density at radius 1 is 0.469 bits per heavy atom. The summed E-state index contributed by atoms with van der Waals surface area (Å²) in [6.45, 7) is 0.395. The number of β-amino-alcohol motifs (C(OH)–C–C–N with tert-alkyl or cyclic N) is 1. The van der Waals surface area contributed by atoms with Crippen LogP contribution in [0.3, 0.4) is 0 Å². The van der Waals surface area contributed by atoms with Crippen molar-refractivity contribution >= 4 is 58.7 Å². The van der Waals surface area contributed by atoms with Gasteiger partial charge in [0.2, 0.25) is 35.4 Å². The van der Waals surface area contributed by atoms with Crippen molar-refractivity contribution in [3.05, 3.63) is 0 Å². The van der Waals surface area contributed by atoms with Gasteiger partial charge in [-0.15, -0.1) is 0 Å². The smallest absolute Gasteiger partial charge is 0.394 e. The maximum absolute atomic E-state index is 14.1. The largest absolute Gasteiger partial charge is 0.472 e. The Labute approximate surface area is 552 Å². The lowest BCUT2D eigenvalue weighted by Gasteiger charge is -2.42. The molecule has 6 aliphatic heterocycles. The van der Waals surface area contributed by atoms with Crippen LogP contribution in [-0.2, 0) is 93.5 Å². The molecule has 0 aromatic heterocycles. The number of hydrogen-bond acceptors (Lipinski definition) is 30. The molecule has 554 valence electrons. The molecule has 96 heavy (non-hydrogen) atoms. The van der Waals surface area contributed by atoms with Crippen molar-refractivity contribution in [1.82, 2.24) is 30.7 Å². The van der Waals surface area contributed by atoms with Gasteiger partial charge in [-0.05, 0) is 38.5 Å². The van der Waals surface area contributed by atoms with Crippen LogP contribution >= 0.6 is 23.2 Å². The van der Waals surface area contributed by atoms with Crippen LogP contribution in [-0.4, -0.2) is 329 Å². The van der Waals surface area contributed by atoms with E-state index >= 15 is 0 Å². The summed E-state index contributed by atoms with van der Waals surface area (Å²) in [6.07, 6.45) is -23.0. The molecule has 24 atom stereocenters. The number of aliphatic hydroxyl groups excluding tert-OH is 10. The Morgan fingerprint density at radius 2 is 0.771 bits per heavy atom. The number of aliphatic hydroxyl groups is 10. The first kappa shape index (κ1) is 81.5. The van der Waals surface area contributed by atoms with E-state index in [4.69, 9.17) is 51.0 Å². The van der Waals surface area contributed by atoms with E-state index in [2.05, 4.69) is 16.0 Å². The van der Waals surface area contributed by atoms with Gasteiger partial charge in [0.05, 0.1) is 102 Å². The molecule has 0 aromatic rings. The van der Waals surface area contributed by atoms with E-state index in [1.165, 1.54) is 23.6 Å². The fourth-order valence-electron chi connectivity index (χ4n) is 11.9. The molecule has 6 heterocycles. The average Bonchev–Trinajstić information content (AvgIpc) is 1.26. The molecule has 6 fully saturated rings. The van der Waals surface area contributed by atoms with Gasteiger partial charge in [0.25, 0.3) is 0 Å². The van der Waals surface area contributed by atoms with Gasteiger partial charge in [-0.3, -0.25) is 51.4 Å². The zero-order valence-electron chi connectivity index (χ0n) is 53.7. The van der Waals surface area contributed by atoms with Gasteiger partial charge in [-0.25, -0.2) is 9.13 Å². The first-order valence-electron chi connectivity index (χ1n) is 31.5. The van der Waals surface area contributed by atoms with Gasteiger partial charge in [-0.1, -0.05) is 13.8 Å². The molecule has 0 spiro atoms. The van der Waals surface area contributed by atoms with Gasteiger partial charge in [0.15, 0.2) is 18.9 Å². The first-order valence-corrected chi connectivity index (χ1v) is 36.1. The number of ether oxygens (including phenoxy) is 6. The highest BCUT2D eigenvalue weighted by Gasteiger charge is 2.50. The van der Waals surface area contributed by atoms with Gasteiger partial charge in [-0.2, -0.15) is 0 Å². The third-order valence-corrected chi connectivity index (χ3v) is 20.7. The van der Waals surface area contributed by atoms with E-state index in [1.807, 2.05) is 0 Å². The van der Waals surface area contributed by atoms with Crippen LogP contribution in [0.5, 0.6) is 0 Å². The number of carbonyl (C=O) groups excluding carboxylic acids is 6. The molecule has 6 rings (SSSR count). The highest BCUT2D eigenvalue weighted by atomic mass is 31.2. The number of likely N-dealkylation sites (tertiary alicyclic amines) is 3. The topological polar surface area (TPSA) is 564 Å². The second kappa shape index (κ2) is 36.9. The van der Waals surface area contributed by atoms with Crippen molar-refractivity contribution in [2.75, 3.05) is 79.1 Å². The molecule has 0 radical (unpaired) electrons. The van der Waals surface area contributed by atoms with Crippen molar-refractivity contribution in [3.8, 4) is 0 Å². The monoisotopic (exact) mass is 1450 g/mol. The lowest BCUT2D eigenvalue weighted by Crippen LogP contribution is -2.64. The fraction of sp³-hybridized carbons (Fsp3) is 0.889. The fourth-order valence-corrected chi connectivity index (χ4v) is 14.4. The number of phosphoric acid groups is 2. The van der Waals surface area contributed by atoms with Crippen molar-refractivity contribution in [2.45, 2.75) is 226 Å². The number of carbonyl (C=O) groups is 6. The van der Waals surface area contributed by atoms with Gasteiger partial charge in [0.1, 0.15) is 73.1 Å². The van der Waals surface area contributed by atoms with Crippen LogP contribution in [0.2, 0.25) is 0 Å². The number of phosphoric ester groups is 2. The molecule has 0 saturated carbocycles. The Morgan fingerprint density at radius 3 is 1.07 bits per heavy atom. The minimum atomic E-state index is -5.22. The van der Waals surface area contributed by atoms with E-state index < -0.39 is 239 Å². The summed E-state index contributed by atoms with van der Waals surface area (Å²) in [5.74, 6) is -3.66. The Balaban J connectivity index is 1.09. The summed E-state index contributed by atoms with van der Waals surface area (Å²) >= 11 is 0. The van der Waals surface area contributed by atoms with Gasteiger partial charge < -0.3 is 129 Å². The third-order valence-electron chi connectivity index (χ3n) is 16.8. The maximum Gasteiger partial charge on any atom is 0.472 e. The SMILES string of the molecule is CC(=O)NC1[C@H](OCCCC(=O)N2C[C@H](O)C[C@H]2COP(=O)(O)O[C@@H]2C[C@@H](COP(=O)(O)O[C@@H]3C[C@@H](COP(=O)(O)C(C)C)N(C(=O)CCCO[C@@H]4OC(CO)[C@H](O)[C@H](O)C4NC(C)=O)C3)N(C(=O)CCCO[C@@H]3OC(CO)[C@H](O)[C@H](O)C3NC(C)=O)C2)OC(CO)[C@H](O)[C@@H]1O. The molecule has 16 N–H and O–H groups in total. The van der Waals surface area contributed by atoms with Gasteiger partial charge in [0, 0.05) is 59.7 Å². The molecule has 0 bridgehead atoms. The van der Waals surface area contributed by atoms with Crippen LogP contribution in [0.15, 0.2) is 0 Å². The summed E-state index contributed by atoms with van der Waals surface area (Å²) in [5, 5.41) is 110. The van der Waals surface area contributed by atoms with Crippen molar-refractivity contribution in [2.24, 2.45) is 0 Å². The maximum atomic E-state index is 14.1. The molecular formula is C54H95N6O33P3. The van der Waals surface area contributed by atoms with E-state index in [1.54, 1.807) is 0 Å². The van der Waals surface area contributed by atoms with Crippen molar-refractivity contribution < 1.29 is 159 Å². The second-order valence-corrected chi connectivity index (χ2v) is 29.9. The molecule has 0 aromatic carbocycles. The minimum Gasteiger partial charge on any atom is -0.394 e. The highest BCUT2D eigenvalue weighted by molar-refractivity contribution is 7.53. The number of nitrogens with one attached hydrogen (secondary N) is 3. The zero-order valence-corrected chi connectivity index (χ0v) is 56.4. The predicted molar refractivity (Wildman–Crippen MR) is 320 cm³/mol. The van der Waals surface area contributed by atoms with Crippen LogP contribution in [0.25, 0.3) is 0 Å². The van der Waals surface area contributed by atoms with Gasteiger partial charge >= 0.3 is 23.2 Å². The summed E-state index contributed by atoms with van der Waals surface area (Å²) in [4.78, 5) is 114. The highest BCUT2D eigenvalue weighted by Crippen LogP contribution is 2.51. The molecule has 42 heteroatoms. The molecule has 39 nitrogen and oxygen atoms in total. The molecular weight excluding hydrogens is 1350 g/mol. The number of hydrogen-bond donors (Lipinski definition) is 16. The van der Waals surface area contributed by atoms with E-state index in [-0.39, 0.29) is 90.7 Å². The minimum absolute atomic E-state index is 0.0129. The lowest BCUT2D eigenvalue weighted by molar-refractivity contribution is -0.270. The molecule has 6 saturated heterocycles. The number of rotatable bonds is 35. The van der Waals surface area contributed by atoms with E-state index in [0.717, 1.165) is 25.7 Å². The first-order chi connectivity index (χ1) is 45.1. The molecule has 0 aliphatic carbocycles. The van der Waals surface area contributed by atoms with Crippen molar-refractivity contribution in [3.63, 3.8) is 0 Å². The van der Waals surface area contributed by atoms with E-state index in [0.29, 0.717) is 0 Å². The molecule has 6 amide bonds. The standard InChI is InChI=1S/C54H95N6O33P3/c1-27(2)94(77,78)86-24-32-16-35(19-59(32)41(69)10-7-13-84-53-44(56-29(4)65)50(75)47(72)38(22-62)90-53)92-96(81,82)88-26-33-17-36(20-60(33)42(70)11-8-14-85-54-45(57-30(5)66)51(76)48(73)39(23-63)91-54)93-95(79,80)87-25-31-15-34(67)18-58(31)40(68)9-6-12-83-52-43(55-28(3)64)49(74)46(71)37(21-61)89-52/h27,31-39,43-54,61-63,67,71-76H,6-26H2,1-5H3,(H,55,64)(H,56,65)(H,57,66)(H,77,78)(H,79,80)(H,81,82)/t31-,32-,33-,34+,35+,36+,37?,38?,39?,43?,44?,45?,46-,47-,48-,49+,50+,51+,52+,53+,54+/m0/s1. The Kier molecular flexibility index (Phi) is 31.4. The summed E-state index contributed by atoms with van der Waals surface area (Å²) < 4.78 is 102. The molecule has 9 unspecified atom stereocenters. The van der Waals surface area contributed by atoms with Crippen LogP contribution in [0.4, 0.5) is 0 Å². The number of amides is 6. The quantitative estimate of drug-likeness (QED) is 0.0207.